The van der Waals surface area contributed by atoms with E-state index in [0.717, 1.165) is 27.4 Å². The molecule has 0 aliphatic rings. The number of hydrogen-bond acceptors (Lipinski definition) is 2. The van der Waals surface area contributed by atoms with Crippen LogP contribution in [-0.2, 0) is 0 Å². The SMILES string of the molecule is Cc1cncc(C=O)c1-c1ccc(Br)cc1. The molecule has 0 aliphatic carbocycles. The Morgan fingerprint density at radius 3 is 2.50 bits per heavy atom. The van der Waals surface area contributed by atoms with Crippen molar-refractivity contribution in [2.24, 2.45) is 0 Å². The van der Waals surface area contributed by atoms with Crippen molar-refractivity contribution in [2.45, 2.75) is 6.92 Å². The predicted molar refractivity (Wildman–Crippen MR) is 67.5 cm³/mol. The minimum atomic E-state index is 0.627. The minimum Gasteiger partial charge on any atom is -0.298 e. The van der Waals surface area contributed by atoms with Crippen molar-refractivity contribution in [3.8, 4) is 11.1 Å². The van der Waals surface area contributed by atoms with E-state index in [1.54, 1.807) is 12.4 Å². The normalized spacial score (nSPS) is 10.1. The van der Waals surface area contributed by atoms with E-state index in [4.69, 9.17) is 0 Å². The number of nitrogens with zero attached hydrogens (tertiary/aromatic N) is 1. The lowest BCUT2D eigenvalue weighted by Gasteiger charge is -2.08. The van der Waals surface area contributed by atoms with Gasteiger partial charge in [0.2, 0.25) is 0 Å². The van der Waals surface area contributed by atoms with Gasteiger partial charge >= 0.3 is 0 Å². The molecule has 1 heterocycles. The summed E-state index contributed by atoms with van der Waals surface area (Å²) in [5.74, 6) is 0. The van der Waals surface area contributed by atoms with Crippen molar-refractivity contribution < 1.29 is 4.79 Å². The summed E-state index contributed by atoms with van der Waals surface area (Å²) >= 11 is 3.39. The standard InChI is InChI=1S/C13H10BrNO/c1-9-6-15-7-11(8-16)13(9)10-2-4-12(14)5-3-10/h2-8H,1H3. The van der Waals surface area contributed by atoms with Crippen molar-refractivity contribution in [3.63, 3.8) is 0 Å². The molecule has 2 aromatic rings. The van der Waals surface area contributed by atoms with Gasteiger partial charge in [-0.05, 0) is 35.7 Å². The summed E-state index contributed by atoms with van der Waals surface area (Å²) < 4.78 is 1.02. The van der Waals surface area contributed by atoms with Crippen LogP contribution in [0.1, 0.15) is 15.9 Å². The topological polar surface area (TPSA) is 30.0 Å². The first kappa shape index (κ1) is 11.0. The Morgan fingerprint density at radius 2 is 1.88 bits per heavy atom. The number of rotatable bonds is 2. The van der Waals surface area contributed by atoms with Crippen LogP contribution < -0.4 is 0 Å². The third-order valence-electron chi connectivity index (χ3n) is 2.42. The zero-order valence-corrected chi connectivity index (χ0v) is 10.4. The number of aryl methyl sites for hydroxylation is 1. The van der Waals surface area contributed by atoms with Crippen molar-refractivity contribution >= 4 is 22.2 Å². The molecule has 0 bridgehead atoms. The second-order valence-electron chi connectivity index (χ2n) is 3.55. The van der Waals surface area contributed by atoms with Crippen LogP contribution >= 0.6 is 15.9 Å². The van der Waals surface area contributed by atoms with Gasteiger partial charge in [0, 0.05) is 22.4 Å². The maximum absolute atomic E-state index is 11.0. The summed E-state index contributed by atoms with van der Waals surface area (Å²) in [6.07, 6.45) is 4.21. The quantitative estimate of drug-likeness (QED) is 0.784. The van der Waals surface area contributed by atoms with Crippen molar-refractivity contribution in [2.75, 3.05) is 0 Å². The first-order valence-corrected chi connectivity index (χ1v) is 5.67. The molecule has 1 aromatic carbocycles. The second kappa shape index (κ2) is 4.58. The number of carbonyl (C=O) groups excluding carboxylic acids is 1. The lowest BCUT2D eigenvalue weighted by atomic mass is 9.98. The van der Waals surface area contributed by atoms with E-state index in [2.05, 4.69) is 20.9 Å². The highest BCUT2D eigenvalue weighted by atomic mass is 79.9. The fourth-order valence-electron chi connectivity index (χ4n) is 1.69. The molecule has 0 N–H and O–H groups in total. The molecule has 0 spiro atoms. The Balaban J connectivity index is 2.63. The molecular formula is C13H10BrNO. The van der Waals surface area contributed by atoms with Gasteiger partial charge in [-0.15, -0.1) is 0 Å². The van der Waals surface area contributed by atoms with Crippen molar-refractivity contribution in [3.05, 3.63) is 52.3 Å². The minimum absolute atomic E-state index is 0.627. The molecule has 80 valence electrons. The summed E-state index contributed by atoms with van der Waals surface area (Å²) in [7, 11) is 0. The Morgan fingerprint density at radius 1 is 1.19 bits per heavy atom. The molecule has 0 amide bonds. The summed E-state index contributed by atoms with van der Waals surface area (Å²) in [4.78, 5) is 15.0. The Hall–Kier alpha value is -1.48. The number of hydrogen-bond donors (Lipinski definition) is 0. The maximum Gasteiger partial charge on any atom is 0.152 e. The third kappa shape index (κ3) is 2.04. The van der Waals surface area contributed by atoms with E-state index in [0.29, 0.717) is 5.56 Å². The fourth-order valence-corrected chi connectivity index (χ4v) is 1.95. The van der Waals surface area contributed by atoms with E-state index < -0.39 is 0 Å². The van der Waals surface area contributed by atoms with Crippen LogP contribution in [-0.4, -0.2) is 11.3 Å². The predicted octanol–water partition coefficient (Wildman–Crippen LogP) is 3.63. The van der Waals surface area contributed by atoms with Crippen LogP contribution in [0.5, 0.6) is 0 Å². The molecule has 0 aliphatic heterocycles. The van der Waals surface area contributed by atoms with Gasteiger partial charge in [0.1, 0.15) is 0 Å². The summed E-state index contributed by atoms with van der Waals surface area (Å²) in [5, 5.41) is 0. The van der Waals surface area contributed by atoms with E-state index in [-0.39, 0.29) is 0 Å². The molecule has 0 fully saturated rings. The van der Waals surface area contributed by atoms with Gasteiger partial charge in [-0.25, -0.2) is 0 Å². The van der Waals surface area contributed by atoms with Gasteiger partial charge in [0.05, 0.1) is 0 Å². The average molecular weight is 276 g/mol. The first-order chi connectivity index (χ1) is 7.72. The first-order valence-electron chi connectivity index (χ1n) is 4.88. The summed E-state index contributed by atoms with van der Waals surface area (Å²) in [5.41, 5.74) is 3.62. The smallest absolute Gasteiger partial charge is 0.152 e. The summed E-state index contributed by atoms with van der Waals surface area (Å²) in [6.45, 7) is 1.96. The van der Waals surface area contributed by atoms with E-state index in [1.165, 1.54) is 0 Å². The second-order valence-corrected chi connectivity index (χ2v) is 4.46. The van der Waals surface area contributed by atoms with Crippen LogP contribution in [0.4, 0.5) is 0 Å². The van der Waals surface area contributed by atoms with E-state index in [1.807, 2.05) is 31.2 Å². The molecule has 0 saturated heterocycles. The molecule has 1 aromatic heterocycles. The van der Waals surface area contributed by atoms with Gasteiger partial charge in [-0.3, -0.25) is 9.78 Å². The lowest BCUT2D eigenvalue weighted by molar-refractivity contribution is 0.112. The number of pyridine rings is 1. The summed E-state index contributed by atoms with van der Waals surface area (Å²) in [6, 6.07) is 7.90. The monoisotopic (exact) mass is 275 g/mol. The number of aromatic nitrogens is 1. The van der Waals surface area contributed by atoms with Crippen LogP contribution in [0.3, 0.4) is 0 Å². The zero-order chi connectivity index (χ0) is 11.5. The highest BCUT2D eigenvalue weighted by Gasteiger charge is 2.07. The number of carbonyl (C=O) groups is 1. The van der Waals surface area contributed by atoms with E-state index >= 15 is 0 Å². The molecule has 0 unspecified atom stereocenters. The molecule has 3 heteroatoms. The number of benzene rings is 1. The van der Waals surface area contributed by atoms with Crippen LogP contribution in [0.25, 0.3) is 11.1 Å². The highest BCUT2D eigenvalue weighted by Crippen LogP contribution is 2.26. The fraction of sp³-hybridized carbons (Fsp3) is 0.0769. The van der Waals surface area contributed by atoms with Crippen LogP contribution in [0, 0.1) is 6.92 Å². The molecule has 0 saturated carbocycles. The van der Waals surface area contributed by atoms with Crippen molar-refractivity contribution in [1.82, 2.24) is 4.98 Å². The molecule has 0 radical (unpaired) electrons. The zero-order valence-electron chi connectivity index (χ0n) is 8.77. The van der Waals surface area contributed by atoms with Gasteiger partial charge in [0.15, 0.2) is 6.29 Å². The van der Waals surface area contributed by atoms with Crippen molar-refractivity contribution in [1.29, 1.82) is 0 Å². The lowest BCUT2D eigenvalue weighted by Crippen LogP contribution is -1.92. The van der Waals surface area contributed by atoms with Gasteiger partial charge in [-0.2, -0.15) is 0 Å². The Kier molecular flexibility index (Phi) is 3.15. The van der Waals surface area contributed by atoms with E-state index in [9.17, 15) is 4.79 Å². The highest BCUT2D eigenvalue weighted by molar-refractivity contribution is 9.10. The molecular weight excluding hydrogens is 266 g/mol. The third-order valence-corrected chi connectivity index (χ3v) is 2.95. The molecule has 0 atom stereocenters. The number of aldehydes is 1. The Labute approximate surface area is 102 Å². The van der Waals surface area contributed by atoms with Crippen LogP contribution in [0.15, 0.2) is 41.1 Å². The molecule has 2 nitrogen and oxygen atoms in total. The Bertz CT molecular complexity index is 520. The largest absolute Gasteiger partial charge is 0.298 e. The van der Waals surface area contributed by atoms with Gasteiger partial charge in [-0.1, -0.05) is 28.1 Å². The molecule has 2 rings (SSSR count). The van der Waals surface area contributed by atoms with Gasteiger partial charge in [0.25, 0.3) is 0 Å². The van der Waals surface area contributed by atoms with Crippen LogP contribution in [0.2, 0.25) is 0 Å². The number of halogens is 1. The molecule has 16 heavy (non-hydrogen) atoms. The van der Waals surface area contributed by atoms with Gasteiger partial charge < -0.3 is 0 Å². The average Bonchev–Trinajstić information content (AvgIpc) is 2.30. The maximum atomic E-state index is 11.0.